The van der Waals surface area contributed by atoms with Gasteiger partial charge in [-0.15, -0.1) is 0 Å². The van der Waals surface area contributed by atoms with E-state index < -0.39 is 0 Å². The van der Waals surface area contributed by atoms with Gasteiger partial charge < -0.3 is 20.3 Å². The van der Waals surface area contributed by atoms with E-state index in [-0.39, 0.29) is 12.5 Å². The highest BCUT2D eigenvalue weighted by atomic mass is 16.5. The lowest BCUT2D eigenvalue weighted by atomic mass is 9.96. The molecule has 6 nitrogen and oxygen atoms in total. The zero-order valence-corrected chi connectivity index (χ0v) is 16.5. The van der Waals surface area contributed by atoms with Crippen LogP contribution in [0.1, 0.15) is 37.7 Å². The second-order valence-electron chi connectivity index (χ2n) is 6.99. The minimum absolute atomic E-state index is 0.0165. The number of ether oxygens (including phenoxy) is 1. The van der Waals surface area contributed by atoms with E-state index >= 15 is 0 Å². The van der Waals surface area contributed by atoms with E-state index in [0.29, 0.717) is 25.2 Å². The van der Waals surface area contributed by atoms with E-state index in [9.17, 15) is 4.79 Å². The summed E-state index contributed by atoms with van der Waals surface area (Å²) in [5.74, 6) is 1.50. The fraction of sp³-hybridized carbons (Fsp3) is 0.524. The number of guanidine groups is 1. The first-order valence-electron chi connectivity index (χ1n) is 9.66. The van der Waals surface area contributed by atoms with Gasteiger partial charge in [0.15, 0.2) is 5.96 Å². The highest BCUT2D eigenvalue weighted by molar-refractivity contribution is 5.86. The fourth-order valence-corrected chi connectivity index (χ4v) is 3.00. The van der Waals surface area contributed by atoms with E-state index in [1.165, 1.54) is 19.3 Å². The largest absolute Gasteiger partial charge is 0.489 e. The number of nitrogens with zero attached hydrogens (tertiary/aromatic N) is 2. The van der Waals surface area contributed by atoms with Crippen LogP contribution in [0.4, 0.5) is 0 Å². The molecule has 0 heterocycles. The Bertz CT molecular complexity index is 637. The van der Waals surface area contributed by atoms with Gasteiger partial charge in [0.05, 0.1) is 13.1 Å². The van der Waals surface area contributed by atoms with E-state index in [1.54, 1.807) is 25.1 Å². The van der Waals surface area contributed by atoms with E-state index in [0.717, 1.165) is 24.2 Å². The lowest BCUT2D eigenvalue weighted by molar-refractivity contribution is -0.127. The maximum absolute atomic E-state index is 11.9. The molecule has 0 radical (unpaired) electrons. The molecule has 1 aliphatic carbocycles. The number of para-hydroxylation sites is 1. The molecule has 2 rings (SSSR count). The van der Waals surface area contributed by atoms with Crippen LogP contribution >= 0.6 is 0 Å². The SMILES string of the molecule is C=CCOc1ccccc1CN=C(NCC(=O)N(C)C)NC1CCCCC1. The summed E-state index contributed by atoms with van der Waals surface area (Å²) >= 11 is 0. The Hall–Kier alpha value is -2.50. The van der Waals surface area contributed by atoms with Gasteiger partial charge in [0.1, 0.15) is 12.4 Å². The molecule has 27 heavy (non-hydrogen) atoms. The number of aliphatic imine (C=N–C) groups is 1. The van der Waals surface area contributed by atoms with Crippen molar-refractivity contribution in [1.29, 1.82) is 0 Å². The van der Waals surface area contributed by atoms with E-state index in [1.807, 2.05) is 24.3 Å². The highest BCUT2D eigenvalue weighted by Crippen LogP contribution is 2.19. The minimum Gasteiger partial charge on any atom is -0.489 e. The molecule has 0 aliphatic heterocycles. The molecular weight excluding hydrogens is 340 g/mol. The van der Waals surface area contributed by atoms with Gasteiger partial charge in [-0.2, -0.15) is 0 Å². The second-order valence-corrected chi connectivity index (χ2v) is 6.99. The van der Waals surface area contributed by atoms with Crippen molar-refractivity contribution in [3.05, 3.63) is 42.5 Å². The van der Waals surface area contributed by atoms with Crippen molar-refractivity contribution in [3.8, 4) is 5.75 Å². The van der Waals surface area contributed by atoms with Crippen molar-refractivity contribution in [2.45, 2.75) is 44.7 Å². The van der Waals surface area contributed by atoms with Crippen LogP contribution in [0, 0.1) is 0 Å². The molecule has 1 aliphatic rings. The molecule has 0 unspecified atom stereocenters. The molecule has 0 aromatic heterocycles. The maximum Gasteiger partial charge on any atom is 0.241 e. The molecule has 6 heteroatoms. The number of hydrogen-bond acceptors (Lipinski definition) is 3. The van der Waals surface area contributed by atoms with Crippen molar-refractivity contribution in [2.24, 2.45) is 4.99 Å². The Kier molecular flexibility index (Phi) is 8.68. The van der Waals surface area contributed by atoms with Crippen LogP contribution in [0.5, 0.6) is 5.75 Å². The summed E-state index contributed by atoms with van der Waals surface area (Å²) in [4.78, 5) is 18.2. The summed E-state index contributed by atoms with van der Waals surface area (Å²) in [7, 11) is 3.51. The number of rotatable bonds is 8. The molecule has 1 aromatic carbocycles. The highest BCUT2D eigenvalue weighted by Gasteiger charge is 2.15. The van der Waals surface area contributed by atoms with Crippen LogP contribution < -0.4 is 15.4 Å². The molecule has 2 N–H and O–H groups in total. The van der Waals surface area contributed by atoms with Crippen LogP contribution in [-0.4, -0.2) is 50.1 Å². The third kappa shape index (κ3) is 7.33. The third-order valence-electron chi connectivity index (χ3n) is 4.59. The second kappa shape index (κ2) is 11.3. The van der Waals surface area contributed by atoms with E-state index in [4.69, 9.17) is 9.73 Å². The summed E-state index contributed by atoms with van der Waals surface area (Å²) in [6.45, 7) is 4.85. The Morgan fingerprint density at radius 1 is 1.30 bits per heavy atom. The molecular formula is C21H32N4O2. The molecule has 148 valence electrons. The summed E-state index contributed by atoms with van der Waals surface area (Å²) in [5, 5.41) is 6.67. The minimum atomic E-state index is 0.0165. The Morgan fingerprint density at radius 3 is 2.74 bits per heavy atom. The van der Waals surface area contributed by atoms with Gasteiger partial charge in [0.25, 0.3) is 0 Å². The number of carbonyl (C=O) groups is 1. The van der Waals surface area contributed by atoms with Crippen LogP contribution in [0.15, 0.2) is 41.9 Å². The average molecular weight is 373 g/mol. The average Bonchev–Trinajstić information content (AvgIpc) is 2.69. The number of hydrogen-bond donors (Lipinski definition) is 2. The molecule has 1 fully saturated rings. The fourth-order valence-electron chi connectivity index (χ4n) is 3.00. The molecule has 1 aromatic rings. The van der Waals surface area contributed by atoms with Gasteiger partial charge in [0, 0.05) is 25.7 Å². The van der Waals surface area contributed by atoms with Gasteiger partial charge in [-0.05, 0) is 18.9 Å². The summed E-state index contributed by atoms with van der Waals surface area (Å²) in [6.07, 6.45) is 7.78. The zero-order valence-electron chi connectivity index (χ0n) is 16.5. The Morgan fingerprint density at radius 2 is 2.04 bits per heavy atom. The normalized spacial score (nSPS) is 15.1. The number of nitrogens with one attached hydrogen (secondary N) is 2. The topological polar surface area (TPSA) is 66.0 Å². The lowest BCUT2D eigenvalue weighted by Crippen LogP contribution is -2.47. The summed E-state index contributed by atoms with van der Waals surface area (Å²) in [5.41, 5.74) is 1.00. The molecule has 0 saturated heterocycles. The van der Waals surface area contributed by atoms with Crippen molar-refractivity contribution in [1.82, 2.24) is 15.5 Å². The Balaban J connectivity index is 2.06. The first-order chi connectivity index (χ1) is 13.1. The predicted molar refractivity (Wildman–Crippen MR) is 110 cm³/mol. The number of benzene rings is 1. The predicted octanol–water partition coefficient (Wildman–Crippen LogP) is 2.71. The van der Waals surface area contributed by atoms with Crippen molar-refractivity contribution < 1.29 is 9.53 Å². The van der Waals surface area contributed by atoms with E-state index in [2.05, 4.69) is 17.2 Å². The third-order valence-corrected chi connectivity index (χ3v) is 4.59. The monoisotopic (exact) mass is 372 g/mol. The zero-order chi connectivity index (χ0) is 19.5. The Labute approximate surface area is 162 Å². The van der Waals surface area contributed by atoms with Crippen LogP contribution in [-0.2, 0) is 11.3 Å². The van der Waals surface area contributed by atoms with Crippen molar-refractivity contribution in [2.75, 3.05) is 27.2 Å². The standard InChI is InChI=1S/C21H32N4O2/c1-4-14-27-19-13-9-8-10-17(19)15-22-21(23-16-20(26)25(2)3)24-18-11-6-5-7-12-18/h4,8-10,13,18H,1,5-7,11-12,14-16H2,2-3H3,(H2,22,23,24). The molecule has 0 spiro atoms. The van der Waals surface area contributed by atoms with Gasteiger partial charge in [0.2, 0.25) is 5.91 Å². The number of carbonyl (C=O) groups excluding carboxylic acids is 1. The number of likely N-dealkylation sites (N-methyl/N-ethyl adjacent to an activating group) is 1. The summed E-state index contributed by atoms with van der Waals surface area (Å²) < 4.78 is 5.71. The smallest absolute Gasteiger partial charge is 0.241 e. The first-order valence-corrected chi connectivity index (χ1v) is 9.66. The van der Waals surface area contributed by atoms with Crippen LogP contribution in [0.2, 0.25) is 0 Å². The van der Waals surface area contributed by atoms with Crippen LogP contribution in [0.3, 0.4) is 0 Å². The quantitative estimate of drug-likeness (QED) is 0.418. The maximum atomic E-state index is 11.9. The van der Waals surface area contributed by atoms with Crippen molar-refractivity contribution in [3.63, 3.8) is 0 Å². The summed E-state index contributed by atoms with van der Waals surface area (Å²) in [6, 6.07) is 8.27. The molecule has 0 atom stereocenters. The number of amides is 1. The van der Waals surface area contributed by atoms with Crippen LogP contribution in [0.25, 0.3) is 0 Å². The molecule has 0 bridgehead atoms. The molecule has 1 saturated carbocycles. The first kappa shape index (κ1) is 20.8. The lowest BCUT2D eigenvalue weighted by Gasteiger charge is -2.25. The molecule has 1 amide bonds. The van der Waals surface area contributed by atoms with Gasteiger partial charge >= 0.3 is 0 Å². The van der Waals surface area contributed by atoms with Gasteiger partial charge in [-0.25, -0.2) is 4.99 Å². The van der Waals surface area contributed by atoms with Gasteiger partial charge in [-0.1, -0.05) is 50.1 Å². The van der Waals surface area contributed by atoms with Gasteiger partial charge in [-0.3, -0.25) is 4.79 Å². The van der Waals surface area contributed by atoms with Crippen molar-refractivity contribution >= 4 is 11.9 Å².